The second kappa shape index (κ2) is 8.25. The van der Waals surface area contributed by atoms with E-state index in [2.05, 4.69) is 27.9 Å². The fraction of sp³-hybridized carbons (Fsp3) is 0.400. The van der Waals surface area contributed by atoms with E-state index >= 15 is 0 Å². The Hall–Kier alpha value is -1.68. The van der Waals surface area contributed by atoms with Gasteiger partial charge in [0.15, 0.2) is 0 Å². The predicted octanol–water partition coefficient (Wildman–Crippen LogP) is 1.63. The smallest absolute Gasteiger partial charge is 0.317 e. The lowest BCUT2D eigenvalue weighted by atomic mass is 10.1. The molecule has 0 aliphatic heterocycles. The van der Waals surface area contributed by atoms with Crippen LogP contribution in [0, 0.1) is 24.3 Å². The number of rotatable bonds is 7. The van der Waals surface area contributed by atoms with Crippen molar-refractivity contribution in [2.24, 2.45) is 0 Å². The summed E-state index contributed by atoms with van der Waals surface area (Å²) in [5, 5.41) is 20.3. The number of amides is 1. The lowest BCUT2D eigenvalue weighted by molar-refractivity contribution is -0.142. The van der Waals surface area contributed by atoms with Crippen LogP contribution in [-0.4, -0.2) is 52.6 Å². The Bertz CT molecular complexity index is 629. The van der Waals surface area contributed by atoms with Crippen LogP contribution in [-0.2, 0) is 14.4 Å². The van der Waals surface area contributed by atoms with E-state index < -0.39 is 30.9 Å². The average molecular weight is 434 g/mol. The third kappa shape index (κ3) is 5.79. The van der Waals surface area contributed by atoms with Crippen LogP contribution in [0.1, 0.15) is 16.7 Å². The van der Waals surface area contributed by atoms with Gasteiger partial charge in [0.05, 0.1) is 19.6 Å². The molecule has 3 N–H and O–H groups in total. The fourth-order valence-corrected chi connectivity index (χ4v) is 2.71. The minimum atomic E-state index is -1.18. The summed E-state index contributed by atoms with van der Waals surface area (Å²) in [4.78, 5) is 34.7. The third-order valence-corrected chi connectivity index (χ3v) is 4.89. The molecule has 0 unspecified atom stereocenters. The summed E-state index contributed by atoms with van der Waals surface area (Å²) in [5.41, 5.74) is 3.61. The highest BCUT2D eigenvalue weighted by Gasteiger charge is 2.18. The zero-order valence-corrected chi connectivity index (χ0v) is 15.3. The molecular formula is C15H19IN2O5. The van der Waals surface area contributed by atoms with Crippen molar-refractivity contribution in [3.05, 3.63) is 26.3 Å². The average Bonchev–Trinajstić information content (AvgIpc) is 2.39. The van der Waals surface area contributed by atoms with Crippen molar-refractivity contribution in [1.29, 1.82) is 0 Å². The number of aliphatic carboxylic acids is 2. The molecule has 8 heteroatoms. The van der Waals surface area contributed by atoms with Crippen LogP contribution < -0.4 is 5.32 Å². The Labute approximate surface area is 147 Å². The van der Waals surface area contributed by atoms with Gasteiger partial charge in [-0.25, -0.2) is 0 Å². The summed E-state index contributed by atoms with van der Waals surface area (Å²) >= 11 is 2.20. The SMILES string of the molecule is Cc1cc(C)c(NC(=O)CN(CC(=O)O)CC(=O)O)c(C)c1I. The van der Waals surface area contributed by atoms with E-state index in [1.807, 2.05) is 26.8 Å². The van der Waals surface area contributed by atoms with Crippen molar-refractivity contribution in [3.63, 3.8) is 0 Å². The van der Waals surface area contributed by atoms with Gasteiger partial charge in [-0.3, -0.25) is 19.3 Å². The number of benzene rings is 1. The molecule has 0 aromatic heterocycles. The van der Waals surface area contributed by atoms with E-state index in [1.54, 1.807) is 0 Å². The minimum Gasteiger partial charge on any atom is -0.480 e. The molecule has 0 radical (unpaired) electrons. The van der Waals surface area contributed by atoms with Gasteiger partial charge in [0.25, 0.3) is 0 Å². The largest absolute Gasteiger partial charge is 0.480 e. The van der Waals surface area contributed by atoms with Crippen LogP contribution in [0.3, 0.4) is 0 Å². The van der Waals surface area contributed by atoms with Crippen molar-refractivity contribution >= 4 is 46.1 Å². The van der Waals surface area contributed by atoms with Crippen LogP contribution in [0.15, 0.2) is 6.07 Å². The Morgan fingerprint density at radius 1 is 1.04 bits per heavy atom. The first kappa shape index (κ1) is 19.4. The second-order valence-corrected chi connectivity index (χ2v) is 6.38. The topological polar surface area (TPSA) is 107 Å². The number of hydrogen-bond acceptors (Lipinski definition) is 4. The highest BCUT2D eigenvalue weighted by atomic mass is 127. The molecule has 0 aliphatic rings. The lowest BCUT2D eigenvalue weighted by Crippen LogP contribution is -2.40. The molecular weight excluding hydrogens is 415 g/mol. The van der Waals surface area contributed by atoms with Gasteiger partial charge in [-0.1, -0.05) is 6.07 Å². The number of carboxylic acids is 2. The zero-order valence-electron chi connectivity index (χ0n) is 13.1. The van der Waals surface area contributed by atoms with E-state index in [9.17, 15) is 14.4 Å². The maximum atomic E-state index is 12.1. The normalized spacial score (nSPS) is 10.7. The predicted molar refractivity (Wildman–Crippen MR) is 93.7 cm³/mol. The molecule has 0 aliphatic carbocycles. The monoisotopic (exact) mass is 434 g/mol. The molecule has 1 aromatic carbocycles. The lowest BCUT2D eigenvalue weighted by Gasteiger charge is -2.19. The molecule has 1 rings (SSSR count). The first-order valence-electron chi connectivity index (χ1n) is 6.84. The number of carbonyl (C=O) groups excluding carboxylic acids is 1. The van der Waals surface area contributed by atoms with Gasteiger partial charge in [-0.05, 0) is 60.1 Å². The Morgan fingerprint density at radius 2 is 1.57 bits per heavy atom. The molecule has 0 atom stereocenters. The van der Waals surface area contributed by atoms with Crippen molar-refractivity contribution < 1.29 is 24.6 Å². The maximum absolute atomic E-state index is 12.1. The zero-order chi connectivity index (χ0) is 17.7. The molecule has 0 fully saturated rings. The highest BCUT2D eigenvalue weighted by molar-refractivity contribution is 14.1. The van der Waals surface area contributed by atoms with Crippen LogP contribution in [0.2, 0.25) is 0 Å². The van der Waals surface area contributed by atoms with Gasteiger partial charge >= 0.3 is 11.9 Å². The molecule has 23 heavy (non-hydrogen) atoms. The summed E-state index contributed by atoms with van der Waals surface area (Å²) in [6.07, 6.45) is 0. The van der Waals surface area contributed by atoms with Gasteiger partial charge < -0.3 is 15.5 Å². The molecule has 0 saturated heterocycles. The van der Waals surface area contributed by atoms with E-state index in [1.165, 1.54) is 0 Å². The fourth-order valence-electron chi connectivity index (χ4n) is 2.29. The van der Waals surface area contributed by atoms with Gasteiger partial charge in [0.1, 0.15) is 0 Å². The molecule has 1 amide bonds. The summed E-state index contributed by atoms with van der Waals surface area (Å²) in [7, 11) is 0. The highest BCUT2D eigenvalue weighted by Crippen LogP contribution is 2.27. The number of carbonyl (C=O) groups is 3. The standard InChI is InChI=1S/C15H19IN2O5/c1-8-4-9(2)15(10(3)14(8)16)17-11(19)5-18(6-12(20)21)7-13(22)23/h4H,5-7H2,1-3H3,(H,17,19)(H,20,21)(H,22,23). The molecule has 0 saturated carbocycles. The van der Waals surface area contributed by atoms with Crippen LogP contribution in [0.4, 0.5) is 5.69 Å². The van der Waals surface area contributed by atoms with E-state index in [4.69, 9.17) is 10.2 Å². The van der Waals surface area contributed by atoms with Crippen LogP contribution in [0.5, 0.6) is 0 Å². The van der Waals surface area contributed by atoms with Crippen molar-refractivity contribution in [2.45, 2.75) is 20.8 Å². The summed E-state index contributed by atoms with van der Waals surface area (Å²) < 4.78 is 1.04. The quantitative estimate of drug-likeness (QED) is 0.564. The first-order valence-corrected chi connectivity index (χ1v) is 7.91. The third-order valence-electron chi connectivity index (χ3n) is 3.23. The Kier molecular flexibility index (Phi) is 6.95. The van der Waals surface area contributed by atoms with E-state index in [-0.39, 0.29) is 6.54 Å². The molecule has 7 nitrogen and oxygen atoms in total. The summed E-state index contributed by atoms with van der Waals surface area (Å²) in [6.45, 7) is 4.42. The minimum absolute atomic E-state index is 0.304. The van der Waals surface area contributed by atoms with E-state index in [0.717, 1.165) is 25.2 Å². The van der Waals surface area contributed by atoms with Crippen LogP contribution in [0.25, 0.3) is 0 Å². The molecule has 0 heterocycles. The number of anilines is 1. The van der Waals surface area contributed by atoms with Crippen molar-refractivity contribution in [2.75, 3.05) is 25.0 Å². The maximum Gasteiger partial charge on any atom is 0.317 e. The van der Waals surface area contributed by atoms with Gasteiger partial charge in [0, 0.05) is 9.26 Å². The van der Waals surface area contributed by atoms with Crippen LogP contribution >= 0.6 is 22.6 Å². The Balaban J connectivity index is 2.88. The summed E-state index contributed by atoms with van der Waals surface area (Å²) in [6, 6.07) is 1.96. The summed E-state index contributed by atoms with van der Waals surface area (Å²) in [5.74, 6) is -2.81. The number of hydrogen-bond donors (Lipinski definition) is 3. The van der Waals surface area contributed by atoms with Gasteiger partial charge in [-0.2, -0.15) is 0 Å². The van der Waals surface area contributed by atoms with Crippen molar-refractivity contribution in [1.82, 2.24) is 4.90 Å². The number of halogens is 1. The Morgan fingerprint density at radius 3 is 2.04 bits per heavy atom. The number of carboxylic acid groups (broad SMARTS) is 2. The molecule has 0 bridgehead atoms. The van der Waals surface area contributed by atoms with Gasteiger partial charge in [0.2, 0.25) is 5.91 Å². The second-order valence-electron chi connectivity index (χ2n) is 5.31. The molecule has 1 aromatic rings. The number of nitrogens with zero attached hydrogens (tertiary/aromatic N) is 1. The number of nitrogens with one attached hydrogen (secondary N) is 1. The molecule has 0 spiro atoms. The molecule has 126 valence electrons. The van der Waals surface area contributed by atoms with E-state index in [0.29, 0.717) is 5.69 Å². The van der Waals surface area contributed by atoms with Crippen molar-refractivity contribution in [3.8, 4) is 0 Å². The van der Waals surface area contributed by atoms with Gasteiger partial charge in [-0.15, -0.1) is 0 Å². The number of aryl methyl sites for hydroxylation is 2. The first-order chi connectivity index (χ1) is 10.6.